The Morgan fingerprint density at radius 3 is 2.57 bits per heavy atom. The predicted molar refractivity (Wildman–Crippen MR) is 84.2 cm³/mol. The number of methoxy groups -OCH3 is 1. The maximum atomic E-state index is 12.5. The minimum atomic E-state index is 0.0240. The number of unbranched alkanes of at least 4 members (excludes halogenated alkanes) is 1. The highest BCUT2D eigenvalue weighted by molar-refractivity contribution is 5.84. The highest BCUT2D eigenvalue weighted by Crippen LogP contribution is 2.19. The largest absolute Gasteiger partial charge is 0.382 e. The van der Waals surface area contributed by atoms with Gasteiger partial charge in [0.1, 0.15) is 0 Å². The molecule has 1 saturated heterocycles. The molecule has 1 rings (SSSR count). The van der Waals surface area contributed by atoms with Gasteiger partial charge < -0.3 is 14.4 Å². The van der Waals surface area contributed by atoms with Crippen molar-refractivity contribution in [2.24, 2.45) is 0 Å². The number of hydrogen-bond donors (Lipinski definition) is 1. The third kappa shape index (κ3) is 6.32. The Labute approximate surface area is 129 Å². The van der Waals surface area contributed by atoms with Gasteiger partial charge in [-0.1, -0.05) is 33.1 Å². The molecule has 124 valence electrons. The molecule has 1 heterocycles. The van der Waals surface area contributed by atoms with Crippen molar-refractivity contribution >= 4 is 5.91 Å². The van der Waals surface area contributed by atoms with Crippen LogP contribution in [-0.4, -0.2) is 56.5 Å². The van der Waals surface area contributed by atoms with E-state index in [0.29, 0.717) is 19.8 Å². The highest BCUT2D eigenvalue weighted by atomic mass is 16.5. The van der Waals surface area contributed by atoms with E-state index in [9.17, 15) is 4.79 Å². The second-order valence-corrected chi connectivity index (χ2v) is 5.66. The Bertz CT molecular complexity index is 287. The topological polar surface area (TPSA) is 50.8 Å². The summed E-state index contributed by atoms with van der Waals surface area (Å²) < 4.78 is 10.4. The average Bonchev–Trinajstić information content (AvgIpc) is 2.77. The lowest BCUT2D eigenvalue weighted by atomic mass is 10.1. The summed E-state index contributed by atoms with van der Waals surface area (Å²) in [6, 6.07) is 0.0240. The zero-order chi connectivity index (χ0) is 15.5. The van der Waals surface area contributed by atoms with Gasteiger partial charge in [-0.15, -0.1) is 0 Å². The summed E-state index contributed by atoms with van der Waals surface area (Å²) in [6.45, 7) is 7.05. The van der Waals surface area contributed by atoms with Gasteiger partial charge in [0, 0.05) is 20.3 Å². The Hall–Kier alpha value is -0.650. The second kappa shape index (κ2) is 11.0. The van der Waals surface area contributed by atoms with Crippen LogP contribution in [0.2, 0.25) is 0 Å². The summed E-state index contributed by atoms with van der Waals surface area (Å²) in [4.78, 5) is 14.5. The Morgan fingerprint density at radius 1 is 1.10 bits per heavy atom. The minimum Gasteiger partial charge on any atom is -0.382 e. The number of amides is 1. The molecule has 1 fully saturated rings. The number of nitrogens with one attached hydrogen (secondary N) is 1. The van der Waals surface area contributed by atoms with E-state index in [1.54, 1.807) is 7.11 Å². The molecule has 0 aliphatic carbocycles. The first-order chi connectivity index (χ1) is 10.2. The van der Waals surface area contributed by atoms with Crippen molar-refractivity contribution in [3.63, 3.8) is 0 Å². The molecule has 0 radical (unpaired) electrons. The van der Waals surface area contributed by atoms with Gasteiger partial charge in [-0.05, 0) is 19.3 Å². The van der Waals surface area contributed by atoms with Gasteiger partial charge in [-0.25, -0.2) is 0 Å². The molecule has 0 aromatic heterocycles. The number of carbonyl (C=O) groups is 1. The first kappa shape index (κ1) is 18.4. The van der Waals surface area contributed by atoms with E-state index >= 15 is 0 Å². The van der Waals surface area contributed by atoms with E-state index < -0.39 is 0 Å². The molecule has 0 spiro atoms. The molecule has 2 unspecified atom stereocenters. The summed E-state index contributed by atoms with van der Waals surface area (Å²) in [6.07, 6.45) is 6.41. The lowest BCUT2D eigenvalue weighted by Crippen LogP contribution is -2.38. The van der Waals surface area contributed by atoms with Crippen LogP contribution in [0.3, 0.4) is 0 Å². The van der Waals surface area contributed by atoms with Gasteiger partial charge in [0.05, 0.1) is 25.4 Å². The van der Waals surface area contributed by atoms with Crippen molar-refractivity contribution in [1.82, 2.24) is 10.2 Å². The minimum absolute atomic E-state index is 0.0240. The van der Waals surface area contributed by atoms with Gasteiger partial charge in [-0.3, -0.25) is 10.1 Å². The van der Waals surface area contributed by atoms with E-state index in [-0.39, 0.29) is 18.1 Å². The molecular formula is C16H32N2O3. The van der Waals surface area contributed by atoms with E-state index in [0.717, 1.165) is 45.1 Å². The summed E-state index contributed by atoms with van der Waals surface area (Å²) in [5.41, 5.74) is 0. The van der Waals surface area contributed by atoms with Crippen molar-refractivity contribution in [3.05, 3.63) is 0 Å². The first-order valence-electron chi connectivity index (χ1n) is 8.37. The SMILES string of the molecule is CCCCC1NC(CCC)N(CCCOCCOC)C1=O. The summed E-state index contributed by atoms with van der Waals surface area (Å²) in [5, 5.41) is 3.50. The van der Waals surface area contributed by atoms with E-state index in [1.807, 2.05) is 4.90 Å². The molecule has 0 aromatic rings. The maximum absolute atomic E-state index is 12.5. The molecule has 0 saturated carbocycles. The van der Waals surface area contributed by atoms with Gasteiger partial charge in [0.25, 0.3) is 0 Å². The fourth-order valence-electron chi connectivity index (χ4n) is 2.72. The van der Waals surface area contributed by atoms with Crippen molar-refractivity contribution in [2.75, 3.05) is 33.5 Å². The third-order valence-electron chi connectivity index (χ3n) is 3.88. The highest BCUT2D eigenvalue weighted by Gasteiger charge is 2.37. The number of nitrogens with zero attached hydrogens (tertiary/aromatic N) is 1. The van der Waals surface area contributed by atoms with Crippen LogP contribution in [-0.2, 0) is 14.3 Å². The zero-order valence-corrected chi connectivity index (χ0v) is 13.9. The average molecular weight is 300 g/mol. The summed E-state index contributed by atoms with van der Waals surface area (Å²) >= 11 is 0. The lowest BCUT2D eigenvalue weighted by Gasteiger charge is -2.23. The molecular weight excluding hydrogens is 268 g/mol. The van der Waals surface area contributed by atoms with E-state index in [2.05, 4.69) is 19.2 Å². The number of carbonyl (C=O) groups excluding carboxylic acids is 1. The Morgan fingerprint density at radius 2 is 1.90 bits per heavy atom. The van der Waals surface area contributed by atoms with Crippen LogP contribution in [0.1, 0.15) is 52.4 Å². The van der Waals surface area contributed by atoms with Crippen molar-refractivity contribution in [2.45, 2.75) is 64.6 Å². The zero-order valence-electron chi connectivity index (χ0n) is 13.9. The normalized spacial score (nSPS) is 22.2. The summed E-state index contributed by atoms with van der Waals surface area (Å²) in [7, 11) is 1.67. The molecule has 0 bridgehead atoms. The Balaban J connectivity index is 2.35. The number of rotatable bonds is 12. The number of ether oxygens (including phenoxy) is 2. The fraction of sp³-hybridized carbons (Fsp3) is 0.938. The summed E-state index contributed by atoms with van der Waals surface area (Å²) in [5.74, 6) is 0.277. The molecule has 21 heavy (non-hydrogen) atoms. The van der Waals surface area contributed by atoms with E-state index in [1.165, 1.54) is 0 Å². The van der Waals surface area contributed by atoms with Crippen LogP contribution in [0.4, 0.5) is 0 Å². The molecule has 5 nitrogen and oxygen atoms in total. The maximum Gasteiger partial charge on any atom is 0.241 e. The second-order valence-electron chi connectivity index (χ2n) is 5.66. The third-order valence-corrected chi connectivity index (χ3v) is 3.88. The van der Waals surface area contributed by atoms with Crippen LogP contribution in [0, 0.1) is 0 Å². The smallest absolute Gasteiger partial charge is 0.241 e. The molecule has 1 aliphatic heterocycles. The van der Waals surface area contributed by atoms with Crippen molar-refractivity contribution < 1.29 is 14.3 Å². The molecule has 1 amide bonds. The quantitative estimate of drug-likeness (QED) is 0.561. The van der Waals surface area contributed by atoms with Crippen LogP contribution in [0.15, 0.2) is 0 Å². The Kier molecular flexibility index (Phi) is 9.63. The van der Waals surface area contributed by atoms with Crippen molar-refractivity contribution in [3.8, 4) is 0 Å². The van der Waals surface area contributed by atoms with E-state index in [4.69, 9.17) is 9.47 Å². The van der Waals surface area contributed by atoms with Gasteiger partial charge in [0.2, 0.25) is 5.91 Å². The van der Waals surface area contributed by atoms with Crippen LogP contribution >= 0.6 is 0 Å². The molecule has 0 aromatic carbocycles. The first-order valence-corrected chi connectivity index (χ1v) is 8.37. The number of hydrogen-bond acceptors (Lipinski definition) is 4. The molecule has 1 aliphatic rings. The molecule has 5 heteroatoms. The lowest BCUT2D eigenvalue weighted by molar-refractivity contribution is -0.130. The fourth-order valence-corrected chi connectivity index (χ4v) is 2.72. The molecule has 1 N–H and O–H groups in total. The van der Waals surface area contributed by atoms with Gasteiger partial charge in [0.15, 0.2) is 0 Å². The van der Waals surface area contributed by atoms with Crippen LogP contribution in [0.5, 0.6) is 0 Å². The monoisotopic (exact) mass is 300 g/mol. The standard InChI is InChI=1S/C16H32N2O3/c1-4-6-9-14-16(19)18(15(17-14)8-5-2)10-7-11-21-13-12-20-3/h14-15,17H,4-13H2,1-3H3. The van der Waals surface area contributed by atoms with Gasteiger partial charge >= 0.3 is 0 Å². The molecule has 2 atom stereocenters. The van der Waals surface area contributed by atoms with Crippen LogP contribution in [0.25, 0.3) is 0 Å². The van der Waals surface area contributed by atoms with Crippen molar-refractivity contribution in [1.29, 1.82) is 0 Å². The van der Waals surface area contributed by atoms with Crippen LogP contribution < -0.4 is 5.32 Å². The van der Waals surface area contributed by atoms with Gasteiger partial charge in [-0.2, -0.15) is 0 Å². The predicted octanol–water partition coefficient (Wildman–Crippen LogP) is 2.16.